The Kier molecular flexibility index (Phi) is 6.20. The minimum Gasteiger partial charge on any atom is -0.478 e. The van der Waals surface area contributed by atoms with E-state index in [4.69, 9.17) is 0 Å². The molecule has 2 heterocycles. The lowest BCUT2D eigenvalue weighted by Gasteiger charge is -2.38. The van der Waals surface area contributed by atoms with Crippen molar-refractivity contribution < 1.29 is 31.8 Å². The third-order valence-corrected chi connectivity index (χ3v) is 5.63. The maximum Gasteiger partial charge on any atom is 0.417 e. The zero-order chi connectivity index (χ0) is 21.2. The predicted molar refractivity (Wildman–Crippen MR) is 99.9 cm³/mol. The van der Waals surface area contributed by atoms with Gasteiger partial charge in [0.15, 0.2) is 11.1 Å². The number of aromatic nitrogens is 1. The van der Waals surface area contributed by atoms with Gasteiger partial charge in [0.1, 0.15) is 11.2 Å². The Balaban J connectivity index is 1.75. The number of hydrogen-bond donors (Lipinski definition) is 2. The molecule has 1 aromatic heterocycles. The van der Waals surface area contributed by atoms with E-state index >= 15 is 0 Å². The highest BCUT2D eigenvalue weighted by Gasteiger charge is 2.33. The molecular formula is C18H18F3N3O4S. The number of carbonyl (C=O) groups is 1. The van der Waals surface area contributed by atoms with Gasteiger partial charge in [-0.2, -0.15) is 13.2 Å². The topological polar surface area (TPSA) is 94.0 Å². The van der Waals surface area contributed by atoms with Crippen LogP contribution in [0.1, 0.15) is 26.9 Å². The normalized spacial score (nSPS) is 17.7. The summed E-state index contributed by atoms with van der Waals surface area (Å²) in [6.45, 7) is 1.35. The molecule has 3 rings (SSSR count). The molecule has 1 aliphatic rings. The van der Waals surface area contributed by atoms with Gasteiger partial charge in [-0.15, -0.1) is 0 Å². The SMILES string of the molecule is O=C(O)c1ccccc1C(N1CCN(c2ccc(C(F)(F)F)cn2)CC1)S(=O)O. The average Bonchev–Trinajstić information content (AvgIpc) is 2.68. The molecular weight excluding hydrogens is 411 g/mol. The fourth-order valence-electron chi connectivity index (χ4n) is 3.27. The summed E-state index contributed by atoms with van der Waals surface area (Å²) in [4.78, 5) is 18.8. The molecule has 0 amide bonds. The molecule has 0 spiro atoms. The van der Waals surface area contributed by atoms with Crippen LogP contribution >= 0.6 is 0 Å². The van der Waals surface area contributed by atoms with Crippen molar-refractivity contribution in [2.24, 2.45) is 0 Å². The van der Waals surface area contributed by atoms with E-state index in [1.165, 1.54) is 18.2 Å². The molecule has 1 aromatic carbocycles. The lowest BCUT2D eigenvalue weighted by molar-refractivity contribution is -0.137. The number of pyridine rings is 1. The zero-order valence-corrected chi connectivity index (χ0v) is 15.9. The zero-order valence-electron chi connectivity index (χ0n) is 15.0. The standard InChI is InChI=1S/C18H18F3N3O4S/c19-18(20,21)12-5-6-15(22-11-12)23-7-9-24(10-8-23)16(29(27)28)13-3-1-2-4-14(13)17(25)26/h1-6,11,16H,7-10H2,(H,25,26)(H,27,28). The van der Waals surface area contributed by atoms with Crippen LogP contribution in [0.2, 0.25) is 0 Å². The van der Waals surface area contributed by atoms with Crippen LogP contribution in [0.25, 0.3) is 0 Å². The number of halogens is 3. The van der Waals surface area contributed by atoms with Gasteiger partial charge < -0.3 is 14.6 Å². The minimum absolute atomic E-state index is 0.0493. The number of carboxylic acid groups (broad SMARTS) is 1. The molecule has 156 valence electrons. The van der Waals surface area contributed by atoms with E-state index in [0.29, 0.717) is 32.0 Å². The Hall–Kier alpha value is -2.50. The summed E-state index contributed by atoms with van der Waals surface area (Å²) in [5.74, 6) is -0.811. The van der Waals surface area contributed by atoms with Gasteiger partial charge in [0.05, 0.1) is 11.1 Å². The Morgan fingerprint density at radius 3 is 2.28 bits per heavy atom. The first-order valence-corrected chi connectivity index (χ1v) is 9.79. The first-order chi connectivity index (χ1) is 13.7. The third-order valence-electron chi connectivity index (χ3n) is 4.69. The van der Waals surface area contributed by atoms with Crippen molar-refractivity contribution in [1.82, 2.24) is 9.88 Å². The molecule has 2 unspecified atom stereocenters. The van der Waals surface area contributed by atoms with Crippen molar-refractivity contribution in [3.8, 4) is 0 Å². The molecule has 1 fully saturated rings. The van der Waals surface area contributed by atoms with E-state index in [1.54, 1.807) is 21.9 Å². The third kappa shape index (κ3) is 4.74. The van der Waals surface area contributed by atoms with E-state index in [-0.39, 0.29) is 11.1 Å². The fraction of sp³-hybridized carbons (Fsp3) is 0.333. The molecule has 11 heteroatoms. The fourth-order valence-corrected chi connectivity index (χ4v) is 4.15. The first-order valence-electron chi connectivity index (χ1n) is 8.62. The lowest BCUT2D eigenvalue weighted by atomic mass is 10.1. The molecule has 2 aromatic rings. The molecule has 29 heavy (non-hydrogen) atoms. The molecule has 0 aliphatic carbocycles. The maximum atomic E-state index is 12.7. The molecule has 2 N–H and O–H groups in total. The minimum atomic E-state index is -4.46. The van der Waals surface area contributed by atoms with E-state index < -0.39 is 34.2 Å². The van der Waals surface area contributed by atoms with Crippen LogP contribution in [0.4, 0.5) is 19.0 Å². The van der Waals surface area contributed by atoms with Gasteiger partial charge in [0.25, 0.3) is 0 Å². The molecule has 2 atom stereocenters. The van der Waals surface area contributed by atoms with Crippen molar-refractivity contribution in [3.05, 3.63) is 59.3 Å². The van der Waals surface area contributed by atoms with Crippen LogP contribution in [0.3, 0.4) is 0 Å². The summed E-state index contributed by atoms with van der Waals surface area (Å²) in [5, 5.41) is 8.35. The molecule has 0 saturated carbocycles. The molecule has 0 bridgehead atoms. The van der Waals surface area contributed by atoms with Crippen LogP contribution in [0.15, 0.2) is 42.6 Å². The summed E-state index contributed by atoms with van der Waals surface area (Å²) in [7, 11) is 0. The number of hydrogen-bond acceptors (Lipinski definition) is 5. The second kappa shape index (κ2) is 8.47. The molecule has 0 radical (unpaired) electrons. The number of benzene rings is 1. The Morgan fingerprint density at radius 2 is 1.76 bits per heavy atom. The van der Waals surface area contributed by atoms with Crippen LogP contribution < -0.4 is 4.90 Å². The first kappa shape index (κ1) is 21.2. The van der Waals surface area contributed by atoms with Gasteiger partial charge in [0, 0.05) is 32.4 Å². The Labute approximate surface area is 167 Å². The highest BCUT2D eigenvalue weighted by atomic mass is 32.2. The largest absolute Gasteiger partial charge is 0.478 e. The molecule has 1 saturated heterocycles. The maximum absolute atomic E-state index is 12.7. The van der Waals surface area contributed by atoms with Crippen molar-refractivity contribution >= 4 is 22.9 Å². The number of rotatable bonds is 5. The Bertz CT molecular complexity index is 900. The van der Waals surface area contributed by atoms with Crippen molar-refractivity contribution in [1.29, 1.82) is 0 Å². The number of alkyl halides is 3. The van der Waals surface area contributed by atoms with Crippen LogP contribution in [-0.4, -0.2) is 55.9 Å². The van der Waals surface area contributed by atoms with Crippen molar-refractivity contribution in [3.63, 3.8) is 0 Å². The smallest absolute Gasteiger partial charge is 0.417 e. The van der Waals surface area contributed by atoms with Crippen LogP contribution in [0, 0.1) is 0 Å². The number of piperazine rings is 1. The van der Waals surface area contributed by atoms with Crippen LogP contribution in [-0.2, 0) is 17.3 Å². The summed E-state index contributed by atoms with van der Waals surface area (Å²) in [6.07, 6.45) is -3.68. The van der Waals surface area contributed by atoms with Gasteiger partial charge in [-0.05, 0) is 23.8 Å². The quantitative estimate of drug-likeness (QED) is 0.706. The van der Waals surface area contributed by atoms with Crippen LogP contribution in [0.5, 0.6) is 0 Å². The second-order valence-electron chi connectivity index (χ2n) is 6.45. The predicted octanol–water partition coefficient (Wildman–Crippen LogP) is 2.84. The number of nitrogens with zero attached hydrogens (tertiary/aromatic N) is 3. The van der Waals surface area contributed by atoms with E-state index in [0.717, 1.165) is 12.3 Å². The highest BCUT2D eigenvalue weighted by Crippen LogP contribution is 2.31. The number of anilines is 1. The van der Waals surface area contributed by atoms with Crippen molar-refractivity contribution in [2.45, 2.75) is 11.6 Å². The molecule has 1 aliphatic heterocycles. The summed E-state index contributed by atoms with van der Waals surface area (Å²) in [5.41, 5.74) is -0.644. The van der Waals surface area contributed by atoms with Gasteiger partial charge >= 0.3 is 12.1 Å². The summed E-state index contributed by atoms with van der Waals surface area (Å²) in [6, 6.07) is 8.28. The monoisotopic (exact) mass is 429 g/mol. The molecule has 7 nitrogen and oxygen atoms in total. The Morgan fingerprint density at radius 1 is 1.10 bits per heavy atom. The van der Waals surface area contributed by atoms with Gasteiger partial charge in [0.2, 0.25) is 0 Å². The van der Waals surface area contributed by atoms with Gasteiger partial charge in [-0.1, -0.05) is 18.2 Å². The van der Waals surface area contributed by atoms with E-state index in [9.17, 15) is 31.8 Å². The van der Waals surface area contributed by atoms with Gasteiger partial charge in [-0.3, -0.25) is 4.90 Å². The second-order valence-corrected chi connectivity index (χ2v) is 7.45. The number of aromatic carboxylic acids is 1. The van der Waals surface area contributed by atoms with Crippen molar-refractivity contribution in [2.75, 3.05) is 31.1 Å². The van der Waals surface area contributed by atoms with E-state index in [2.05, 4.69) is 4.98 Å². The summed E-state index contributed by atoms with van der Waals surface area (Å²) >= 11 is -2.34. The highest BCUT2D eigenvalue weighted by molar-refractivity contribution is 7.79. The van der Waals surface area contributed by atoms with E-state index in [1.807, 2.05) is 0 Å². The van der Waals surface area contributed by atoms with Gasteiger partial charge in [-0.25, -0.2) is 14.0 Å². The average molecular weight is 429 g/mol. The lowest BCUT2D eigenvalue weighted by Crippen LogP contribution is -2.49. The summed E-state index contributed by atoms with van der Waals surface area (Å²) < 4.78 is 59.8. The number of carboxylic acids is 1.